The van der Waals surface area contributed by atoms with Gasteiger partial charge in [-0.1, -0.05) is 13.8 Å². The predicted octanol–water partition coefficient (Wildman–Crippen LogP) is 3.03. The van der Waals surface area contributed by atoms with Gasteiger partial charge in [-0.05, 0) is 63.3 Å². The van der Waals surface area contributed by atoms with Crippen LogP contribution in [0.1, 0.15) is 58.8 Å². The van der Waals surface area contributed by atoms with Gasteiger partial charge in [-0.2, -0.15) is 0 Å². The lowest BCUT2D eigenvalue weighted by atomic mass is 9.79. The summed E-state index contributed by atoms with van der Waals surface area (Å²) in [5, 5.41) is 4.01. The minimum absolute atomic E-state index is 0.813. The van der Waals surface area contributed by atoms with E-state index in [1.165, 1.54) is 58.0 Å². The van der Waals surface area contributed by atoms with E-state index in [0.717, 1.165) is 30.0 Å². The third-order valence-electron chi connectivity index (χ3n) is 5.77. The summed E-state index contributed by atoms with van der Waals surface area (Å²) in [4.78, 5) is 2.72. The molecule has 104 valence electrons. The Hall–Kier alpha value is -0.0800. The molecule has 1 saturated carbocycles. The lowest BCUT2D eigenvalue weighted by Crippen LogP contribution is -2.46. The molecule has 2 atom stereocenters. The minimum atomic E-state index is 0.813. The van der Waals surface area contributed by atoms with Gasteiger partial charge in [-0.3, -0.25) is 4.90 Å². The second-order valence-electron chi connectivity index (χ2n) is 7.16. The average molecular weight is 250 g/mol. The lowest BCUT2D eigenvalue weighted by Gasteiger charge is -2.34. The smallest absolute Gasteiger partial charge is 0.0250 e. The largest absolute Gasteiger partial charge is 0.310 e. The number of fused-ring (bicyclic) bond motifs is 1. The van der Waals surface area contributed by atoms with Crippen LogP contribution >= 0.6 is 0 Å². The van der Waals surface area contributed by atoms with Crippen LogP contribution in [0.3, 0.4) is 0 Å². The molecular weight excluding hydrogens is 220 g/mol. The summed E-state index contributed by atoms with van der Waals surface area (Å²) in [5.41, 5.74) is 0. The number of rotatable bonds is 3. The maximum atomic E-state index is 4.01. The molecule has 0 aromatic heterocycles. The highest BCUT2D eigenvalue weighted by atomic mass is 15.2. The first-order chi connectivity index (χ1) is 8.74. The fraction of sp³-hybridized carbons (Fsp3) is 1.00. The van der Waals surface area contributed by atoms with E-state index in [2.05, 4.69) is 24.1 Å². The molecular formula is C16H30N2. The van der Waals surface area contributed by atoms with Gasteiger partial charge in [-0.15, -0.1) is 0 Å². The summed E-state index contributed by atoms with van der Waals surface area (Å²) < 4.78 is 0. The molecule has 2 heteroatoms. The van der Waals surface area contributed by atoms with Crippen LogP contribution in [0, 0.1) is 11.8 Å². The van der Waals surface area contributed by atoms with Crippen LogP contribution in [-0.4, -0.2) is 36.1 Å². The molecule has 0 bridgehead atoms. The fourth-order valence-electron chi connectivity index (χ4n) is 4.53. The molecule has 2 aliphatic heterocycles. The maximum Gasteiger partial charge on any atom is 0.0250 e. The first-order valence-electron chi connectivity index (χ1n) is 8.24. The van der Waals surface area contributed by atoms with Crippen LogP contribution in [0.25, 0.3) is 0 Å². The SMILES string of the molecule is CC(C)C1CCC(NC2CCN3CCCC23)CC1. The third-order valence-corrected chi connectivity index (χ3v) is 5.77. The molecule has 2 unspecified atom stereocenters. The summed E-state index contributed by atoms with van der Waals surface area (Å²) >= 11 is 0. The summed E-state index contributed by atoms with van der Waals surface area (Å²) in [6, 6.07) is 2.52. The van der Waals surface area contributed by atoms with E-state index < -0.39 is 0 Å². The Balaban J connectivity index is 1.47. The Kier molecular flexibility index (Phi) is 3.95. The van der Waals surface area contributed by atoms with Gasteiger partial charge in [-0.25, -0.2) is 0 Å². The number of hydrogen-bond donors (Lipinski definition) is 1. The Morgan fingerprint density at radius 1 is 0.944 bits per heavy atom. The van der Waals surface area contributed by atoms with Crippen LogP contribution in [0.5, 0.6) is 0 Å². The molecule has 3 rings (SSSR count). The highest BCUT2D eigenvalue weighted by Crippen LogP contribution is 2.32. The molecule has 0 aromatic rings. The van der Waals surface area contributed by atoms with Crippen LogP contribution in [0.15, 0.2) is 0 Å². The Morgan fingerprint density at radius 2 is 1.72 bits per heavy atom. The summed E-state index contributed by atoms with van der Waals surface area (Å²) in [6.07, 6.45) is 10.0. The van der Waals surface area contributed by atoms with Crippen molar-refractivity contribution in [3.8, 4) is 0 Å². The van der Waals surface area contributed by atoms with Gasteiger partial charge in [0.25, 0.3) is 0 Å². The summed E-state index contributed by atoms with van der Waals surface area (Å²) in [5.74, 6) is 1.89. The Morgan fingerprint density at radius 3 is 2.44 bits per heavy atom. The zero-order valence-corrected chi connectivity index (χ0v) is 12.2. The molecule has 18 heavy (non-hydrogen) atoms. The van der Waals surface area contributed by atoms with E-state index in [1.807, 2.05) is 0 Å². The number of nitrogens with one attached hydrogen (secondary N) is 1. The molecule has 2 nitrogen and oxygen atoms in total. The molecule has 3 aliphatic rings. The molecule has 0 spiro atoms. The molecule has 0 amide bonds. The highest BCUT2D eigenvalue weighted by molar-refractivity contribution is 4.97. The van der Waals surface area contributed by atoms with Crippen molar-refractivity contribution in [3.05, 3.63) is 0 Å². The van der Waals surface area contributed by atoms with Crippen molar-refractivity contribution in [2.75, 3.05) is 13.1 Å². The fourth-order valence-corrected chi connectivity index (χ4v) is 4.53. The van der Waals surface area contributed by atoms with Crippen molar-refractivity contribution in [2.24, 2.45) is 11.8 Å². The Bertz CT molecular complexity index is 268. The van der Waals surface area contributed by atoms with Crippen molar-refractivity contribution < 1.29 is 0 Å². The van der Waals surface area contributed by atoms with E-state index in [4.69, 9.17) is 0 Å². The average Bonchev–Trinajstić information content (AvgIpc) is 2.95. The van der Waals surface area contributed by atoms with Crippen LogP contribution in [0.4, 0.5) is 0 Å². The van der Waals surface area contributed by atoms with Gasteiger partial charge in [0.15, 0.2) is 0 Å². The lowest BCUT2D eigenvalue weighted by molar-refractivity contribution is 0.216. The van der Waals surface area contributed by atoms with Crippen LogP contribution < -0.4 is 5.32 Å². The van der Waals surface area contributed by atoms with Gasteiger partial charge in [0.05, 0.1) is 0 Å². The van der Waals surface area contributed by atoms with Gasteiger partial charge >= 0.3 is 0 Å². The topological polar surface area (TPSA) is 15.3 Å². The van der Waals surface area contributed by atoms with E-state index in [1.54, 1.807) is 0 Å². The van der Waals surface area contributed by atoms with Crippen molar-refractivity contribution in [2.45, 2.75) is 76.9 Å². The van der Waals surface area contributed by atoms with Gasteiger partial charge in [0, 0.05) is 24.7 Å². The van der Waals surface area contributed by atoms with Crippen LogP contribution in [-0.2, 0) is 0 Å². The zero-order chi connectivity index (χ0) is 12.5. The second kappa shape index (κ2) is 5.50. The first kappa shape index (κ1) is 12.9. The molecule has 2 heterocycles. The van der Waals surface area contributed by atoms with E-state index in [0.29, 0.717) is 0 Å². The molecule has 1 N–H and O–H groups in total. The van der Waals surface area contributed by atoms with Crippen molar-refractivity contribution in [1.29, 1.82) is 0 Å². The maximum absolute atomic E-state index is 4.01. The predicted molar refractivity (Wildman–Crippen MR) is 76.7 cm³/mol. The quantitative estimate of drug-likeness (QED) is 0.828. The molecule has 3 fully saturated rings. The van der Waals surface area contributed by atoms with Crippen molar-refractivity contribution in [1.82, 2.24) is 10.2 Å². The normalized spacial score (nSPS) is 41.5. The minimum Gasteiger partial charge on any atom is -0.310 e. The van der Waals surface area contributed by atoms with Crippen molar-refractivity contribution >= 4 is 0 Å². The molecule has 0 aromatic carbocycles. The second-order valence-corrected chi connectivity index (χ2v) is 7.16. The standard InChI is InChI=1S/C16H30N2/c1-12(2)13-5-7-14(8-6-13)17-15-9-11-18-10-3-4-16(15)18/h12-17H,3-11H2,1-2H3. The number of hydrogen-bond acceptors (Lipinski definition) is 2. The summed E-state index contributed by atoms with van der Waals surface area (Å²) in [6.45, 7) is 7.50. The Labute approximate surface area is 113 Å². The zero-order valence-electron chi connectivity index (χ0n) is 12.2. The van der Waals surface area contributed by atoms with E-state index >= 15 is 0 Å². The van der Waals surface area contributed by atoms with Gasteiger partial charge in [0.2, 0.25) is 0 Å². The monoisotopic (exact) mass is 250 g/mol. The third kappa shape index (κ3) is 2.60. The molecule has 2 saturated heterocycles. The van der Waals surface area contributed by atoms with Crippen molar-refractivity contribution in [3.63, 3.8) is 0 Å². The first-order valence-corrected chi connectivity index (χ1v) is 8.24. The number of nitrogens with zero attached hydrogens (tertiary/aromatic N) is 1. The van der Waals surface area contributed by atoms with E-state index in [9.17, 15) is 0 Å². The van der Waals surface area contributed by atoms with Crippen LogP contribution in [0.2, 0.25) is 0 Å². The highest BCUT2D eigenvalue weighted by Gasteiger charge is 2.38. The molecule has 1 aliphatic carbocycles. The molecule has 0 radical (unpaired) electrons. The van der Waals surface area contributed by atoms with E-state index in [-0.39, 0.29) is 0 Å². The van der Waals surface area contributed by atoms with Gasteiger partial charge in [0.1, 0.15) is 0 Å². The van der Waals surface area contributed by atoms with Gasteiger partial charge < -0.3 is 5.32 Å². The summed E-state index contributed by atoms with van der Waals surface area (Å²) in [7, 11) is 0.